The van der Waals surface area contributed by atoms with E-state index in [-0.39, 0.29) is 12.1 Å². The third-order valence-electron chi connectivity index (χ3n) is 4.19. The summed E-state index contributed by atoms with van der Waals surface area (Å²) < 4.78 is 13.5. The topological polar surface area (TPSA) is 65.5 Å². The molecule has 3 rings (SSSR count). The van der Waals surface area contributed by atoms with Gasteiger partial charge >= 0.3 is 0 Å². The quantitative estimate of drug-likeness (QED) is 0.870. The van der Waals surface area contributed by atoms with E-state index < -0.39 is 17.8 Å². The molecular weight excluding hydrogens is 309 g/mol. The minimum absolute atomic E-state index is 0.0656. The summed E-state index contributed by atoms with van der Waals surface area (Å²) in [5.41, 5.74) is 2.56. The number of carbonyl (C=O) groups excluding carboxylic acids is 1. The van der Waals surface area contributed by atoms with Gasteiger partial charge in [-0.25, -0.2) is 4.39 Å². The molecule has 1 aliphatic heterocycles. The Morgan fingerprint density at radius 1 is 1.33 bits per heavy atom. The van der Waals surface area contributed by atoms with E-state index in [0.29, 0.717) is 6.54 Å². The molecule has 2 N–H and O–H groups in total. The van der Waals surface area contributed by atoms with Crippen LogP contribution in [0.4, 0.5) is 4.39 Å². The lowest BCUT2D eigenvalue weighted by Gasteiger charge is -2.30. The summed E-state index contributed by atoms with van der Waals surface area (Å²) >= 11 is 0. The van der Waals surface area contributed by atoms with Gasteiger partial charge in [0.1, 0.15) is 0 Å². The molecule has 0 radical (unpaired) electrons. The summed E-state index contributed by atoms with van der Waals surface area (Å²) in [6.45, 7) is 2.22. The second kappa shape index (κ2) is 7.51. The van der Waals surface area contributed by atoms with E-state index in [1.807, 2.05) is 12.1 Å². The van der Waals surface area contributed by atoms with Gasteiger partial charge in [0, 0.05) is 32.4 Å². The first-order valence-electron chi connectivity index (χ1n) is 7.98. The number of carbonyl (C=O) groups is 1. The van der Waals surface area contributed by atoms with Crippen LogP contribution in [0.5, 0.6) is 0 Å². The average molecular weight is 329 g/mol. The number of nitrogens with one attached hydrogen (secondary N) is 1. The number of rotatable bonds is 5. The van der Waals surface area contributed by atoms with Gasteiger partial charge in [0.15, 0.2) is 5.82 Å². The third-order valence-corrected chi connectivity index (χ3v) is 4.19. The lowest BCUT2D eigenvalue weighted by Crippen LogP contribution is -2.42. The van der Waals surface area contributed by atoms with E-state index >= 15 is 0 Å². The maximum absolute atomic E-state index is 13.5. The number of hydrogen-bond donors (Lipinski definition) is 2. The Morgan fingerprint density at radius 3 is 2.92 bits per heavy atom. The predicted molar refractivity (Wildman–Crippen MR) is 88.0 cm³/mol. The molecule has 0 saturated heterocycles. The predicted octanol–water partition coefficient (Wildman–Crippen LogP) is 1.37. The number of pyridine rings is 1. The van der Waals surface area contributed by atoms with Crippen LogP contribution in [0.25, 0.3) is 0 Å². The Hall–Kier alpha value is -2.31. The number of aromatic nitrogens is 1. The maximum Gasteiger partial charge on any atom is 0.254 e. The van der Waals surface area contributed by atoms with Crippen LogP contribution in [0.2, 0.25) is 0 Å². The van der Waals surface area contributed by atoms with E-state index in [1.165, 1.54) is 23.4 Å². The fraction of sp³-hybridized carbons (Fsp3) is 0.333. The molecule has 1 unspecified atom stereocenters. The van der Waals surface area contributed by atoms with E-state index in [2.05, 4.69) is 27.3 Å². The smallest absolute Gasteiger partial charge is 0.254 e. The van der Waals surface area contributed by atoms with Gasteiger partial charge < -0.3 is 10.4 Å². The van der Waals surface area contributed by atoms with Gasteiger partial charge in [-0.15, -0.1) is 0 Å². The maximum atomic E-state index is 13.5. The second-order valence-electron chi connectivity index (χ2n) is 5.97. The molecule has 0 saturated carbocycles. The second-order valence-corrected chi connectivity index (χ2v) is 5.97. The van der Waals surface area contributed by atoms with Gasteiger partial charge in [0.05, 0.1) is 17.9 Å². The number of benzene rings is 1. The standard InChI is InChI=1S/C18H20FN3O2/c19-17-10-20-7-5-16(17)18(24)21-9-15(23)12-22-8-6-13-3-1-2-4-14(13)11-22/h1-5,7,10,15,23H,6,8-9,11-12H2,(H,21,24). The summed E-state index contributed by atoms with van der Waals surface area (Å²) in [5.74, 6) is -1.21. The number of aliphatic hydroxyl groups excluding tert-OH is 1. The van der Waals surface area contributed by atoms with Crippen molar-refractivity contribution in [2.24, 2.45) is 0 Å². The van der Waals surface area contributed by atoms with Crippen molar-refractivity contribution in [2.75, 3.05) is 19.6 Å². The first-order valence-corrected chi connectivity index (χ1v) is 7.98. The van der Waals surface area contributed by atoms with E-state index in [0.717, 1.165) is 25.7 Å². The lowest BCUT2D eigenvalue weighted by atomic mass is 10.00. The summed E-state index contributed by atoms with van der Waals surface area (Å²) in [6, 6.07) is 9.60. The van der Waals surface area contributed by atoms with Crippen molar-refractivity contribution in [1.82, 2.24) is 15.2 Å². The summed E-state index contributed by atoms with van der Waals surface area (Å²) in [7, 11) is 0. The third kappa shape index (κ3) is 3.96. The molecule has 1 aromatic carbocycles. The van der Waals surface area contributed by atoms with Crippen LogP contribution in [0, 0.1) is 5.82 Å². The fourth-order valence-electron chi connectivity index (χ4n) is 2.94. The van der Waals surface area contributed by atoms with E-state index in [4.69, 9.17) is 0 Å². The van der Waals surface area contributed by atoms with Gasteiger partial charge in [0.2, 0.25) is 0 Å². The number of amides is 1. The molecule has 0 bridgehead atoms. The minimum Gasteiger partial charge on any atom is -0.390 e. The van der Waals surface area contributed by atoms with Gasteiger partial charge in [-0.3, -0.25) is 14.7 Å². The van der Waals surface area contributed by atoms with E-state index in [9.17, 15) is 14.3 Å². The van der Waals surface area contributed by atoms with Gasteiger partial charge in [-0.1, -0.05) is 24.3 Å². The Balaban J connectivity index is 1.49. The number of aliphatic hydroxyl groups is 1. The number of fused-ring (bicyclic) bond motifs is 1. The Morgan fingerprint density at radius 2 is 2.12 bits per heavy atom. The van der Waals surface area contributed by atoms with Crippen LogP contribution in [-0.4, -0.2) is 46.6 Å². The average Bonchev–Trinajstić information content (AvgIpc) is 2.60. The van der Waals surface area contributed by atoms with Crippen LogP contribution in [0.1, 0.15) is 21.5 Å². The molecule has 1 aliphatic rings. The fourth-order valence-corrected chi connectivity index (χ4v) is 2.94. The van der Waals surface area contributed by atoms with Crippen LogP contribution in [0.15, 0.2) is 42.7 Å². The molecule has 1 atom stereocenters. The van der Waals surface area contributed by atoms with Gasteiger partial charge in [-0.2, -0.15) is 0 Å². The molecule has 6 heteroatoms. The largest absolute Gasteiger partial charge is 0.390 e. The van der Waals surface area contributed by atoms with Crippen LogP contribution >= 0.6 is 0 Å². The van der Waals surface area contributed by atoms with Crippen molar-refractivity contribution in [3.63, 3.8) is 0 Å². The van der Waals surface area contributed by atoms with Crippen LogP contribution < -0.4 is 5.32 Å². The monoisotopic (exact) mass is 329 g/mol. The molecule has 2 heterocycles. The van der Waals surface area contributed by atoms with Gasteiger partial charge in [0.25, 0.3) is 5.91 Å². The molecule has 2 aromatic rings. The zero-order chi connectivity index (χ0) is 16.9. The SMILES string of the molecule is O=C(NCC(O)CN1CCc2ccccc2C1)c1ccncc1F. The number of β-amino-alcohol motifs (C(OH)–C–C–N with tert-alkyl or cyclic N) is 1. The lowest BCUT2D eigenvalue weighted by molar-refractivity contribution is 0.0838. The summed E-state index contributed by atoms with van der Waals surface area (Å²) in [4.78, 5) is 17.7. The zero-order valence-electron chi connectivity index (χ0n) is 13.3. The number of halogens is 1. The zero-order valence-corrected chi connectivity index (χ0v) is 13.3. The first-order chi connectivity index (χ1) is 11.6. The summed E-state index contributed by atoms with van der Waals surface area (Å²) in [5, 5.41) is 12.7. The van der Waals surface area contributed by atoms with Gasteiger partial charge in [-0.05, 0) is 23.6 Å². The highest BCUT2D eigenvalue weighted by Gasteiger charge is 2.19. The first kappa shape index (κ1) is 16.5. The van der Waals surface area contributed by atoms with Crippen molar-refractivity contribution in [1.29, 1.82) is 0 Å². The molecular formula is C18H20FN3O2. The molecule has 24 heavy (non-hydrogen) atoms. The molecule has 0 spiro atoms. The van der Waals surface area contributed by atoms with Crippen molar-refractivity contribution < 1.29 is 14.3 Å². The molecule has 0 fully saturated rings. The molecule has 0 aliphatic carbocycles. The highest BCUT2D eigenvalue weighted by Crippen LogP contribution is 2.18. The highest BCUT2D eigenvalue weighted by molar-refractivity contribution is 5.94. The Bertz CT molecular complexity index is 723. The van der Waals surface area contributed by atoms with E-state index in [1.54, 1.807) is 0 Å². The van der Waals surface area contributed by atoms with Crippen molar-refractivity contribution in [2.45, 2.75) is 19.1 Å². The van der Waals surface area contributed by atoms with Crippen LogP contribution in [-0.2, 0) is 13.0 Å². The van der Waals surface area contributed by atoms with Crippen LogP contribution in [0.3, 0.4) is 0 Å². The normalized spacial score (nSPS) is 15.6. The highest BCUT2D eigenvalue weighted by atomic mass is 19.1. The van der Waals surface area contributed by atoms with Crippen molar-refractivity contribution in [3.05, 3.63) is 65.2 Å². The molecule has 5 nitrogen and oxygen atoms in total. The number of hydrogen-bond acceptors (Lipinski definition) is 4. The minimum atomic E-state index is -0.705. The summed E-state index contributed by atoms with van der Waals surface area (Å²) in [6.07, 6.45) is 2.61. The Kier molecular flexibility index (Phi) is 5.17. The molecule has 1 amide bonds. The van der Waals surface area contributed by atoms with Crippen molar-refractivity contribution in [3.8, 4) is 0 Å². The number of nitrogens with zero attached hydrogens (tertiary/aromatic N) is 2. The molecule has 126 valence electrons. The molecule has 1 aromatic heterocycles. The van der Waals surface area contributed by atoms with Crippen molar-refractivity contribution >= 4 is 5.91 Å². The Labute approximate surface area is 140 Å².